The molecule has 6 aromatic rings. The predicted octanol–water partition coefficient (Wildman–Crippen LogP) is 13.8. The number of alkyl halides is 9. The van der Waals surface area contributed by atoms with Crippen molar-refractivity contribution in [2.45, 2.75) is 76.3 Å². The fourth-order valence-corrected chi connectivity index (χ4v) is 12.2. The second-order valence-electron chi connectivity index (χ2n) is 23.4. The molecule has 12 rings (SSSR count). The number of nitrogens with zero attached hydrogens (tertiary/aromatic N) is 6. The van der Waals surface area contributed by atoms with Crippen LogP contribution in [0.25, 0.3) is 0 Å². The first-order chi connectivity index (χ1) is 41.2. The van der Waals surface area contributed by atoms with Crippen LogP contribution in [-0.4, -0.2) is 111 Å². The predicted molar refractivity (Wildman–Crippen MR) is 307 cm³/mol. The summed E-state index contributed by atoms with van der Waals surface area (Å²) >= 11 is 0. The molecule has 462 valence electrons. The number of carbonyl (C=O) groups excluding carboxylic acids is 3. The third-order valence-corrected chi connectivity index (χ3v) is 17.6. The zero-order chi connectivity index (χ0) is 62.3. The third kappa shape index (κ3) is 14.8. The van der Waals surface area contributed by atoms with E-state index >= 15 is 0 Å². The molecule has 0 N–H and O–H groups in total. The summed E-state index contributed by atoms with van der Waals surface area (Å²) in [5.41, 5.74) is 5.04. The maximum Gasteiger partial charge on any atom is 0.416 e. The molecule has 21 heteroatoms. The van der Waals surface area contributed by atoms with Crippen molar-refractivity contribution in [2.75, 3.05) is 93.2 Å². The van der Waals surface area contributed by atoms with Crippen LogP contribution in [0, 0.1) is 56.0 Å². The highest BCUT2D eigenvalue weighted by molar-refractivity contribution is 5.85. The summed E-state index contributed by atoms with van der Waals surface area (Å²) in [7, 11) is 0. The van der Waals surface area contributed by atoms with Crippen molar-refractivity contribution in [1.29, 1.82) is 0 Å². The van der Waals surface area contributed by atoms with Crippen molar-refractivity contribution in [3.8, 4) is 0 Å². The van der Waals surface area contributed by atoms with E-state index in [1.54, 1.807) is 71.9 Å². The lowest BCUT2D eigenvalue weighted by molar-refractivity contribution is -0.138. The van der Waals surface area contributed by atoms with Gasteiger partial charge in [0.15, 0.2) is 0 Å². The first-order valence-corrected chi connectivity index (χ1v) is 29.1. The third-order valence-electron chi connectivity index (χ3n) is 17.6. The van der Waals surface area contributed by atoms with Crippen molar-refractivity contribution in [1.82, 2.24) is 14.7 Å². The average Bonchev–Trinajstić information content (AvgIpc) is 2.15. The van der Waals surface area contributed by atoms with Gasteiger partial charge in [0.05, 0.1) is 16.7 Å². The first kappa shape index (κ1) is 62.3. The van der Waals surface area contributed by atoms with Gasteiger partial charge in [-0.05, 0) is 164 Å². The fourth-order valence-electron chi connectivity index (χ4n) is 12.2. The minimum Gasteiger partial charge on any atom is -0.368 e. The smallest absolute Gasteiger partial charge is 0.368 e. The summed E-state index contributed by atoms with van der Waals surface area (Å²) in [5, 5.41) is 0. The van der Waals surface area contributed by atoms with Gasteiger partial charge in [-0.2, -0.15) is 39.5 Å². The second kappa shape index (κ2) is 25.2. The molecule has 0 radical (unpaired) electrons. The van der Waals surface area contributed by atoms with Gasteiger partial charge in [0, 0.05) is 113 Å². The van der Waals surface area contributed by atoms with Gasteiger partial charge in [0.1, 0.15) is 17.5 Å². The number of aryl methyl sites for hydroxylation is 3. The average molecular weight is 1220 g/mol. The van der Waals surface area contributed by atoms with E-state index in [0.29, 0.717) is 95.6 Å². The molecule has 87 heavy (non-hydrogen) atoms. The van der Waals surface area contributed by atoms with Crippen LogP contribution in [0.5, 0.6) is 0 Å². The van der Waals surface area contributed by atoms with Gasteiger partial charge in [0.25, 0.3) is 0 Å². The Hall–Kier alpha value is -7.71. The van der Waals surface area contributed by atoms with E-state index in [4.69, 9.17) is 0 Å². The summed E-state index contributed by atoms with van der Waals surface area (Å²) in [6.45, 7) is 11.3. The molecule has 9 nitrogen and oxygen atoms in total. The molecule has 3 heterocycles. The van der Waals surface area contributed by atoms with E-state index in [9.17, 15) is 67.1 Å². The maximum atomic E-state index is 13.1. The molecular weight excluding hydrogens is 1150 g/mol. The minimum absolute atomic E-state index is 0.0812. The molecule has 0 bridgehead atoms. The number of hydrogen-bond acceptors (Lipinski definition) is 6. The molecule has 3 saturated carbocycles. The molecule has 0 aromatic heterocycles. The Kier molecular flexibility index (Phi) is 18.0. The first-order valence-electron chi connectivity index (χ1n) is 29.1. The summed E-state index contributed by atoms with van der Waals surface area (Å²) in [6, 6.07) is 30.1. The van der Waals surface area contributed by atoms with E-state index in [0.717, 1.165) is 70.8 Å². The van der Waals surface area contributed by atoms with Gasteiger partial charge in [0.2, 0.25) is 17.7 Å². The molecular formula is C66H66F12N6O3. The molecule has 6 fully saturated rings. The van der Waals surface area contributed by atoms with Crippen LogP contribution in [0.1, 0.15) is 87.1 Å². The largest absolute Gasteiger partial charge is 0.416 e. The Balaban J connectivity index is 0.000000144. The Bertz CT molecular complexity index is 3070. The van der Waals surface area contributed by atoms with Crippen molar-refractivity contribution in [3.05, 3.63) is 195 Å². The molecule has 3 amide bonds. The lowest BCUT2D eigenvalue weighted by Crippen LogP contribution is -2.49. The van der Waals surface area contributed by atoms with Crippen molar-refractivity contribution in [2.24, 2.45) is 17.8 Å². The lowest BCUT2D eigenvalue weighted by Gasteiger charge is -2.37. The standard InChI is InChI=1S/3C22H22F4N2O/c3*1-14-2-5-16(22(24,25)26)12-20(14)27-8-10-28(11-9-27)21(29)19-13-18(19)15-3-6-17(23)7-4-15/h3*2-7,12,18-19H,8-11,13H2,1H3/t18?,19-;2*18-,19-/m010/s1. The van der Waals surface area contributed by atoms with Gasteiger partial charge in [-0.15, -0.1) is 0 Å². The van der Waals surface area contributed by atoms with Crippen molar-refractivity contribution in [3.63, 3.8) is 0 Å². The quantitative estimate of drug-likeness (QED) is 0.134. The number of carbonyl (C=O) groups is 3. The fraction of sp³-hybridized carbons (Fsp3) is 0.409. The maximum absolute atomic E-state index is 13.1. The zero-order valence-corrected chi connectivity index (χ0v) is 48.1. The van der Waals surface area contributed by atoms with Crippen LogP contribution in [-0.2, 0) is 32.9 Å². The minimum atomic E-state index is -4.37. The number of anilines is 3. The lowest BCUT2D eigenvalue weighted by atomic mass is 10.1. The van der Waals surface area contributed by atoms with Gasteiger partial charge in [-0.1, -0.05) is 54.6 Å². The van der Waals surface area contributed by atoms with Gasteiger partial charge >= 0.3 is 18.5 Å². The number of halogens is 12. The molecule has 3 aliphatic heterocycles. The molecule has 3 aliphatic carbocycles. The van der Waals surface area contributed by atoms with Crippen molar-refractivity contribution >= 4 is 34.8 Å². The molecule has 6 aliphatic rings. The summed E-state index contributed by atoms with van der Waals surface area (Å²) in [5.74, 6) is -0.480. The number of benzene rings is 6. The summed E-state index contributed by atoms with van der Waals surface area (Å²) in [6.07, 6.45) is -10.8. The molecule has 3 saturated heterocycles. The Morgan fingerprint density at radius 2 is 0.552 bits per heavy atom. The Labute approximate surface area is 497 Å². The van der Waals surface area contributed by atoms with Gasteiger partial charge in [-0.3, -0.25) is 14.4 Å². The van der Waals surface area contributed by atoms with E-state index in [2.05, 4.69) is 0 Å². The van der Waals surface area contributed by atoms with E-state index in [1.807, 2.05) is 14.7 Å². The van der Waals surface area contributed by atoms with E-state index in [-0.39, 0.29) is 70.7 Å². The van der Waals surface area contributed by atoms with E-state index < -0.39 is 35.2 Å². The van der Waals surface area contributed by atoms with Crippen LogP contribution in [0.3, 0.4) is 0 Å². The second-order valence-corrected chi connectivity index (χ2v) is 23.4. The van der Waals surface area contributed by atoms with Crippen LogP contribution >= 0.6 is 0 Å². The topological polar surface area (TPSA) is 70.7 Å². The number of piperazine rings is 3. The number of amides is 3. The molecule has 1 unspecified atom stereocenters. The Morgan fingerprint density at radius 1 is 0.333 bits per heavy atom. The highest BCUT2D eigenvalue weighted by Gasteiger charge is 2.49. The van der Waals surface area contributed by atoms with Gasteiger partial charge in [-0.25, -0.2) is 13.2 Å². The monoisotopic (exact) mass is 1220 g/mol. The summed E-state index contributed by atoms with van der Waals surface area (Å²) in [4.78, 5) is 49.5. The highest BCUT2D eigenvalue weighted by Crippen LogP contribution is 2.51. The van der Waals surface area contributed by atoms with Crippen LogP contribution < -0.4 is 14.7 Å². The molecule has 6 aromatic carbocycles. The van der Waals surface area contributed by atoms with E-state index in [1.165, 1.54) is 72.8 Å². The van der Waals surface area contributed by atoms with Gasteiger partial charge < -0.3 is 29.4 Å². The number of hydrogen-bond donors (Lipinski definition) is 0. The Morgan fingerprint density at radius 3 is 0.759 bits per heavy atom. The van der Waals surface area contributed by atoms with Crippen LogP contribution in [0.15, 0.2) is 127 Å². The molecule has 6 atom stereocenters. The normalized spacial score (nSPS) is 22.0. The van der Waals surface area contributed by atoms with Crippen molar-refractivity contribution < 1.29 is 67.1 Å². The zero-order valence-electron chi connectivity index (χ0n) is 48.1. The summed E-state index contributed by atoms with van der Waals surface area (Å²) < 4.78 is 157. The van der Waals surface area contributed by atoms with Crippen LogP contribution in [0.2, 0.25) is 0 Å². The number of rotatable bonds is 9. The molecule has 0 spiro atoms. The highest BCUT2D eigenvalue weighted by atomic mass is 19.4. The SMILES string of the molecule is Cc1ccc(C(F)(F)F)cc1N1CCN(C(=O)[C@@H]2C[C@@H]2c2ccc(F)cc2)CC1.Cc1ccc(C(F)(F)F)cc1N1CCN(C(=O)[C@H]2CC2c2ccc(F)cc2)CC1.Cc1ccc(C(F)(F)F)cc1N1CCN(C(=O)[C@H]2C[C@H]2c2ccc(F)cc2)CC1. The van der Waals surface area contributed by atoms with Crippen LogP contribution in [0.4, 0.5) is 69.7 Å².